The van der Waals surface area contributed by atoms with E-state index < -0.39 is 0 Å². The largest absolute Gasteiger partial charge is 0.308 e. The fourth-order valence-electron chi connectivity index (χ4n) is 1.83. The Morgan fingerprint density at radius 1 is 1.35 bits per heavy atom. The zero-order valence-corrected chi connectivity index (χ0v) is 14.4. The molecule has 0 aliphatic rings. The Morgan fingerprint density at radius 2 is 2.15 bits per heavy atom. The number of nitrogens with zero attached hydrogens (tertiary/aromatic N) is 2. The minimum absolute atomic E-state index is 0.494. The topological polar surface area (TPSA) is 28.2 Å². The van der Waals surface area contributed by atoms with Gasteiger partial charge in [-0.3, -0.25) is 4.90 Å². The normalized spacial score (nSPS) is 11.7. The second-order valence-corrected chi connectivity index (χ2v) is 7.89. The molecule has 20 heavy (non-hydrogen) atoms. The maximum Gasteiger partial charge on any atom is 0.107 e. The van der Waals surface area contributed by atoms with Gasteiger partial charge in [0, 0.05) is 35.9 Å². The molecule has 0 bridgehead atoms. The standard InChI is InChI=1S/C14H20ClN3S2/c1-10(2)16-6-14-17-11(9-19-14)7-18(3)8-12-4-5-13(15)20-12/h4-5,9-10,16H,6-8H2,1-3H3. The van der Waals surface area contributed by atoms with Gasteiger partial charge in [-0.25, -0.2) is 4.98 Å². The molecule has 0 saturated carbocycles. The zero-order valence-electron chi connectivity index (χ0n) is 12.0. The summed E-state index contributed by atoms with van der Waals surface area (Å²) in [6.07, 6.45) is 0. The highest BCUT2D eigenvalue weighted by Crippen LogP contribution is 2.23. The molecule has 1 N–H and O–H groups in total. The predicted octanol–water partition coefficient (Wildman–Crippen LogP) is 3.99. The molecule has 0 aliphatic heterocycles. The number of thiazole rings is 1. The fraction of sp³-hybridized carbons (Fsp3) is 0.500. The molecular formula is C14H20ClN3S2. The van der Waals surface area contributed by atoms with Crippen molar-refractivity contribution in [2.24, 2.45) is 0 Å². The molecule has 2 heterocycles. The summed E-state index contributed by atoms with van der Waals surface area (Å²) in [7, 11) is 2.11. The summed E-state index contributed by atoms with van der Waals surface area (Å²) in [5.74, 6) is 0. The molecule has 0 unspecified atom stereocenters. The molecule has 110 valence electrons. The van der Waals surface area contributed by atoms with Gasteiger partial charge < -0.3 is 5.32 Å². The van der Waals surface area contributed by atoms with Crippen LogP contribution in [-0.4, -0.2) is 23.0 Å². The van der Waals surface area contributed by atoms with Crippen molar-refractivity contribution < 1.29 is 0 Å². The first kappa shape index (κ1) is 15.9. The smallest absolute Gasteiger partial charge is 0.107 e. The second-order valence-electron chi connectivity index (χ2n) is 5.15. The van der Waals surface area contributed by atoms with Crippen LogP contribution in [0.2, 0.25) is 4.34 Å². The van der Waals surface area contributed by atoms with E-state index in [2.05, 4.69) is 47.5 Å². The maximum atomic E-state index is 5.95. The minimum Gasteiger partial charge on any atom is -0.308 e. The molecular weight excluding hydrogens is 310 g/mol. The Kier molecular flexibility index (Phi) is 5.99. The number of halogens is 1. The van der Waals surface area contributed by atoms with Crippen LogP contribution in [0.4, 0.5) is 0 Å². The van der Waals surface area contributed by atoms with Crippen LogP contribution in [0.15, 0.2) is 17.5 Å². The number of aromatic nitrogens is 1. The van der Waals surface area contributed by atoms with Gasteiger partial charge in [0.25, 0.3) is 0 Å². The van der Waals surface area contributed by atoms with E-state index in [1.165, 1.54) is 4.88 Å². The van der Waals surface area contributed by atoms with E-state index >= 15 is 0 Å². The lowest BCUT2D eigenvalue weighted by Crippen LogP contribution is -2.22. The first-order valence-corrected chi connectivity index (χ1v) is 8.70. The van der Waals surface area contributed by atoms with E-state index in [4.69, 9.17) is 11.6 Å². The lowest BCUT2D eigenvalue weighted by molar-refractivity contribution is 0.318. The van der Waals surface area contributed by atoms with Crippen molar-refractivity contribution in [3.8, 4) is 0 Å². The van der Waals surface area contributed by atoms with E-state index in [0.717, 1.165) is 34.7 Å². The van der Waals surface area contributed by atoms with E-state index in [0.29, 0.717) is 6.04 Å². The number of rotatable bonds is 7. The van der Waals surface area contributed by atoms with Crippen molar-refractivity contribution in [2.75, 3.05) is 7.05 Å². The average Bonchev–Trinajstić information content (AvgIpc) is 2.96. The van der Waals surface area contributed by atoms with Crippen LogP contribution in [0.3, 0.4) is 0 Å². The van der Waals surface area contributed by atoms with Crippen LogP contribution < -0.4 is 5.32 Å². The Hall–Kier alpha value is -0.460. The molecule has 6 heteroatoms. The lowest BCUT2D eigenvalue weighted by atomic mass is 10.4. The Labute approximate surface area is 133 Å². The molecule has 0 saturated heterocycles. The first-order valence-electron chi connectivity index (χ1n) is 6.62. The molecule has 3 nitrogen and oxygen atoms in total. The van der Waals surface area contributed by atoms with Crippen molar-refractivity contribution >= 4 is 34.3 Å². The van der Waals surface area contributed by atoms with Crippen molar-refractivity contribution in [1.29, 1.82) is 0 Å². The third-order valence-electron chi connectivity index (χ3n) is 2.75. The number of hydrogen-bond donors (Lipinski definition) is 1. The number of hydrogen-bond acceptors (Lipinski definition) is 5. The summed E-state index contributed by atoms with van der Waals surface area (Å²) in [5.41, 5.74) is 1.14. The summed E-state index contributed by atoms with van der Waals surface area (Å²) in [5, 5.41) is 6.69. The van der Waals surface area contributed by atoms with Gasteiger partial charge in [-0.05, 0) is 19.2 Å². The van der Waals surface area contributed by atoms with Crippen molar-refractivity contribution in [1.82, 2.24) is 15.2 Å². The van der Waals surface area contributed by atoms with E-state index in [1.54, 1.807) is 22.7 Å². The molecule has 0 aromatic carbocycles. The van der Waals surface area contributed by atoms with E-state index in [9.17, 15) is 0 Å². The van der Waals surface area contributed by atoms with Gasteiger partial charge in [0.2, 0.25) is 0 Å². The van der Waals surface area contributed by atoms with Crippen molar-refractivity contribution in [2.45, 2.75) is 39.5 Å². The maximum absolute atomic E-state index is 5.95. The lowest BCUT2D eigenvalue weighted by Gasteiger charge is -2.13. The van der Waals surface area contributed by atoms with Gasteiger partial charge in [0.05, 0.1) is 10.0 Å². The summed E-state index contributed by atoms with van der Waals surface area (Å²) in [4.78, 5) is 8.21. The summed E-state index contributed by atoms with van der Waals surface area (Å²) < 4.78 is 0.851. The molecule has 0 radical (unpaired) electrons. The van der Waals surface area contributed by atoms with Crippen molar-refractivity contribution in [3.63, 3.8) is 0 Å². The van der Waals surface area contributed by atoms with Crippen molar-refractivity contribution in [3.05, 3.63) is 37.4 Å². The third-order valence-corrected chi connectivity index (χ3v) is 4.86. The average molecular weight is 330 g/mol. The molecule has 0 spiro atoms. The highest BCUT2D eigenvalue weighted by molar-refractivity contribution is 7.16. The molecule has 0 aliphatic carbocycles. The van der Waals surface area contributed by atoms with Crippen LogP contribution in [0.25, 0.3) is 0 Å². The first-order chi connectivity index (χ1) is 9.52. The van der Waals surface area contributed by atoms with Gasteiger partial charge >= 0.3 is 0 Å². The van der Waals surface area contributed by atoms with E-state index in [-0.39, 0.29) is 0 Å². The van der Waals surface area contributed by atoms with Gasteiger partial charge in [-0.1, -0.05) is 25.4 Å². The van der Waals surface area contributed by atoms with Crippen LogP contribution in [0.1, 0.15) is 29.4 Å². The molecule has 2 aromatic rings. The van der Waals surface area contributed by atoms with Crippen LogP contribution in [-0.2, 0) is 19.6 Å². The number of thiophene rings is 1. The Morgan fingerprint density at radius 3 is 2.80 bits per heavy atom. The van der Waals surface area contributed by atoms with Crippen LogP contribution in [0.5, 0.6) is 0 Å². The highest BCUT2D eigenvalue weighted by atomic mass is 35.5. The zero-order chi connectivity index (χ0) is 14.5. The minimum atomic E-state index is 0.494. The van der Waals surface area contributed by atoms with E-state index in [1.807, 2.05) is 6.07 Å². The Bertz CT molecular complexity index is 536. The van der Waals surface area contributed by atoms with Crippen LogP contribution >= 0.6 is 34.3 Å². The fourth-order valence-corrected chi connectivity index (χ4v) is 3.73. The highest BCUT2D eigenvalue weighted by Gasteiger charge is 2.07. The molecule has 0 fully saturated rings. The third kappa shape index (κ3) is 5.14. The van der Waals surface area contributed by atoms with Gasteiger partial charge in [-0.2, -0.15) is 0 Å². The predicted molar refractivity (Wildman–Crippen MR) is 88.6 cm³/mol. The van der Waals surface area contributed by atoms with Crippen LogP contribution in [0, 0.1) is 0 Å². The molecule has 0 atom stereocenters. The quantitative estimate of drug-likeness (QED) is 0.832. The monoisotopic (exact) mass is 329 g/mol. The summed E-state index contributed by atoms with van der Waals surface area (Å²) >= 11 is 9.31. The number of nitrogens with one attached hydrogen (secondary N) is 1. The summed E-state index contributed by atoms with van der Waals surface area (Å²) in [6.45, 7) is 6.93. The Balaban J connectivity index is 1.83. The molecule has 0 amide bonds. The summed E-state index contributed by atoms with van der Waals surface area (Å²) in [6, 6.07) is 4.53. The molecule has 2 rings (SSSR count). The van der Waals surface area contributed by atoms with Gasteiger partial charge in [-0.15, -0.1) is 22.7 Å². The van der Waals surface area contributed by atoms with Gasteiger partial charge in [0.1, 0.15) is 5.01 Å². The second kappa shape index (κ2) is 7.52. The SMILES string of the molecule is CC(C)NCc1nc(CN(C)Cc2ccc(Cl)s2)cs1. The van der Waals surface area contributed by atoms with Gasteiger partial charge in [0.15, 0.2) is 0 Å². The molecule has 2 aromatic heterocycles.